The maximum Gasteiger partial charge on any atom is 0.255 e. The average molecular weight is 735 g/mol. The van der Waals surface area contributed by atoms with E-state index in [-0.39, 0.29) is 73.5 Å². The SMILES string of the molecule is CSSC(COc1cccc(C(=O)NCCN)c1)OCCOCC(=O)NCC#C[B]C1OC(CO)C1O[C@@H](CSC(C)=O)SSC. The molecule has 5 atom stereocenters. The first-order valence-electron chi connectivity index (χ1n) is 14.2. The molecule has 0 saturated carbocycles. The van der Waals surface area contributed by atoms with Crippen molar-refractivity contribution in [3.8, 4) is 17.5 Å². The summed E-state index contributed by atoms with van der Waals surface area (Å²) in [5.74, 6) is 6.22. The summed E-state index contributed by atoms with van der Waals surface area (Å²) < 4.78 is 28.8. The highest BCUT2D eigenvalue weighted by Crippen LogP contribution is 2.33. The van der Waals surface area contributed by atoms with Gasteiger partial charge < -0.3 is 45.2 Å². The molecule has 1 aromatic carbocycles. The normalized spacial score (nSPS) is 18.3. The van der Waals surface area contributed by atoms with Crippen LogP contribution in [0.4, 0.5) is 0 Å². The lowest BCUT2D eigenvalue weighted by Crippen LogP contribution is -2.60. The molecule has 4 unspecified atom stereocenters. The molecule has 2 rings (SSSR count). The lowest BCUT2D eigenvalue weighted by atomic mass is 9.66. The molecular weight excluding hydrogens is 693 g/mol. The summed E-state index contributed by atoms with van der Waals surface area (Å²) in [6.07, 6.45) is 3.02. The Bertz CT molecular complexity index is 1130. The number of carbonyl (C=O) groups is 3. The van der Waals surface area contributed by atoms with Crippen LogP contribution in [0.3, 0.4) is 0 Å². The average Bonchev–Trinajstić information content (AvgIpc) is 3.04. The Hall–Kier alpha value is -1.24. The number of amides is 2. The largest absolute Gasteiger partial charge is 0.490 e. The number of nitrogens with two attached hydrogens (primary N) is 1. The summed E-state index contributed by atoms with van der Waals surface area (Å²) in [7, 11) is 7.71. The molecule has 0 aliphatic carbocycles. The second-order valence-electron chi connectivity index (χ2n) is 9.18. The van der Waals surface area contributed by atoms with E-state index in [1.807, 2.05) is 12.5 Å². The predicted octanol–water partition coefficient (Wildman–Crippen LogP) is 1.63. The van der Waals surface area contributed by atoms with Gasteiger partial charge in [0.05, 0.1) is 32.4 Å². The first-order chi connectivity index (χ1) is 22.3. The maximum atomic E-state index is 12.2. The highest BCUT2D eigenvalue weighted by atomic mass is 33.1. The van der Waals surface area contributed by atoms with E-state index in [9.17, 15) is 19.5 Å². The van der Waals surface area contributed by atoms with Crippen molar-refractivity contribution in [1.82, 2.24) is 10.6 Å². The van der Waals surface area contributed by atoms with Gasteiger partial charge in [-0.25, -0.2) is 0 Å². The Balaban J connectivity index is 1.64. The number of aliphatic hydroxyl groups is 1. The van der Waals surface area contributed by atoms with Gasteiger partial charge in [0.2, 0.25) is 5.91 Å². The zero-order chi connectivity index (χ0) is 33.6. The Morgan fingerprint density at radius 2 is 1.93 bits per heavy atom. The zero-order valence-electron chi connectivity index (χ0n) is 26.0. The molecule has 1 saturated heterocycles. The van der Waals surface area contributed by atoms with E-state index in [0.717, 1.165) is 0 Å². The van der Waals surface area contributed by atoms with Gasteiger partial charge in [0.25, 0.3) is 13.2 Å². The molecule has 5 N–H and O–H groups in total. The van der Waals surface area contributed by atoms with Crippen molar-refractivity contribution in [2.75, 3.05) is 70.9 Å². The smallest absolute Gasteiger partial charge is 0.255 e. The second kappa shape index (κ2) is 24.8. The van der Waals surface area contributed by atoms with Crippen molar-refractivity contribution in [2.45, 2.75) is 36.0 Å². The van der Waals surface area contributed by atoms with Crippen molar-refractivity contribution in [2.24, 2.45) is 5.73 Å². The Kier molecular flexibility index (Phi) is 22.1. The fourth-order valence-electron chi connectivity index (χ4n) is 3.66. The van der Waals surface area contributed by atoms with E-state index in [4.69, 9.17) is 29.4 Å². The number of carbonyl (C=O) groups excluding carboxylic acids is 3. The number of benzene rings is 1. The first kappa shape index (κ1) is 40.9. The molecule has 1 aliphatic heterocycles. The summed E-state index contributed by atoms with van der Waals surface area (Å²) in [5.41, 5.74) is 5.39. The lowest BCUT2D eigenvalue weighted by molar-refractivity contribution is -0.222. The zero-order valence-corrected chi connectivity index (χ0v) is 30.1. The van der Waals surface area contributed by atoms with Gasteiger partial charge in [0.15, 0.2) is 5.12 Å². The van der Waals surface area contributed by atoms with Gasteiger partial charge in [-0.15, -0.1) is 0 Å². The van der Waals surface area contributed by atoms with Gasteiger partial charge in [-0.05, 0) is 30.7 Å². The quantitative estimate of drug-likeness (QED) is 0.0421. The highest BCUT2D eigenvalue weighted by Gasteiger charge is 2.44. The topological polar surface area (TPSA) is 168 Å². The van der Waals surface area contributed by atoms with Crippen LogP contribution in [0.25, 0.3) is 0 Å². The van der Waals surface area contributed by atoms with Crippen LogP contribution >= 0.6 is 54.9 Å². The Morgan fingerprint density at radius 3 is 2.65 bits per heavy atom. The Morgan fingerprint density at radius 1 is 1.15 bits per heavy atom. The van der Waals surface area contributed by atoms with Gasteiger partial charge in [0.1, 0.15) is 42.0 Å². The summed E-state index contributed by atoms with van der Waals surface area (Å²) in [5, 5.41) is 15.0. The van der Waals surface area contributed by atoms with E-state index < -0.39 is 12.1 Å². The molecule has 0 aromatic heterocycles. The van der Waals surface area contributed by atoms with Gasteiger partial charge in [-0.1, -0.05) is 66.9 Å². The van der Waals surface area contributed by atoms with E-state index in [2.05, 4.69) is 22.4 Å². The van der Waals surface area contributed by atoms with Crippen LogP contribution < -0.4 is 21.1 Å². The van der Waals surface area contributed by atoms with Crippen LogP contribution in [-0.4, -0.2) is 129 Å². The lowest BCUT2D eigenvalue weighted by Gasteiger charge is -2.44. The number of hydrogen-bond donors (Lipinski definition) is 4. The van der Waals surface area contributed by atoms with Crippen molar-refractivity contribution in [3.63, 3.8) is 0 Å². The maximum absolute atomic E-state index is 12.2. The number of thioether (sulfide) groups is 1. The number of aliphatic hydroxyl groups excluding tert-OH is 1. The molecule has 0 spiro atoms. The molecule has 0 bridgehead atoms. The second-order valence-corrected chi connectivity index (χ2v) is 15.6. The Labute approximate surface area is 291 Å². The molecule has 1 fully saturated rings. The third-order valence-electron chi connectivity index (χ3n) is 5.74. The molecule has 255 valence electrons. The summed E-state index contributed by atoms with van der Waals surface area (Å²) in [6, 6.07) is 6.46. The third-order valence-corrected chi connectivity index (χ3v) is 10.6. The highest BCUT2D eigenvalue weighted by molar-refractivity contribution is 8.77. The van der Waals surface area contributed by atoms with Gasteiger partial charge in [0, 0.05) is 31.3 Å². The van der Waals surface area contributed by atoms with Crippen LogP contribution in [-0.2, 0) is 28.5 Å². The van der Waals surface area contributed by atoms with Crippen molar-refractivity contribution in [3.05, 3.63) is 29.8 Å². The fourth-order valence-corrected chi connectivity index (χ4v) is 7.67. The van der Waals surface area contributed by atoms with Gasteiger partial charge in [-0.2, -0.15) is 5.82 Å². The minimum Gasteiger partial charge on any atom is -0.490 e. The summed E-state index contributed by atoms with van der Waals surface area (Å²) >= 11 is 1.19. The molecule has 1 aliphatic rings. The molecule has 2 amide bonds. The van der Waals surface area contributed by atoms with E-state index in [0.29, 0.717) is 30.2 Å². The van der Waals surface area contributed by atoms with Gasteiger partial charge >= 0.3 is 0 Å². The van der Waals surface area contributed by atoms with Crippen LogP contribution in [0.2, 0.25) is 0 Å². The van der Waals surface area contributed by atoms with Crippen LogP contribution in [0.1, 0.15) is 17.3 Å². The predicted molar refractivity (Wildman–Crippen MR) is 190 cm³/mol. The van der Waals surface area contributed by atoms with Crippen LogP contribution in [0.15, 0.2) is 24.3 Å². The van der Waals surface area contributed by atoms with Gasteiger partial charge in [-0.3, -0.25) is 14.4 Å². The number of nitrogens with one attached hydrogen (secondary N) is 2. The minimum absolute atomic E-state index is 0.0143. The standard InChI is InChI=1S/C28H41BN3O9S5/c1-19(34)44-18-25(46-43-3)41-26-22(15-33)40-27(26)29-8-5-10-31-23(35)16-37-12-13-38-24(45-42-2)17-39-21-7-4-6-20(14-21)28(36)32-11-9-30/h4,6-7,14,22,24-27,33H,9-13,15-18,30H2,1-3H3,(H,31,35)(H,32,36)/t22?,24?,25-,26?,27?/m1/s1. The number of ether oxygens (including phenoxy) is 5. The molecular formula is C28H41BN3O9S5. The van der Waals surface area contributed by atoms with E-state index in [1.54, 1.807) is 31.5 Å². The van der Waals surface area contributed by atoms with E-state index >= 15 is 0 Å². The fraction of sp³-hybridized carbons (Fsp3) is 0.607. The minimum atomic E-state index is -0.461. The number of rotatable bonds is 23. The monoisotopic (exact) mass is 734 g/mol. The van der Waals surface area contributed by atoms with E-state index in [1.165, 1.54) is 61.9 Å². The molecule has 18 heteroatoms. The van der Waals surface area contributed by atoms with Crippen molar-refractivity contribution >= 4 is 79.1 Å². The molecule has 1 aromatic rings. The molecule has 1 radical (unpaired) electrons. The van der Waals surface area contributed by atoms with Crippen molar-refractivity contribution in [1.29, 1.82) is 0 Å². The number of hydrogen-bond acceptors (Lipinski definition) is 15. The molecule has 46 heavy (non-hydrogen) atoms. The summed E-state index contributed by atoms with van der Waals surface area (Å²) in [4.78, 5) is 35.6. The summed E-state index contributed by atoms with van der Waals surface area (Å²) in [6.45, 7) is 2.79. The van der Waals surface area contributed by atoms with Crippen molar-refractivity contribution < 1.29 is 43.2 Å². The van der Waals surface area contributed by atoms with Crippen LogP contribution in [0.5, 0.6) is 5.75 Å². The first-order valence-corrected chi connectivity index (χ1v) is 20.5. The van der Waals surface area contributed by atoms with Crippen LogP contribution in [0, 0.1) is 11.7 Å². The molecule has 1 heterocycles. The molecule has 12 nitrogen and oxygen atoms in total. The third kappa shape index (κ3) is 16.7.